The van der Waals surface area contributed by atoms with Crippen molar-refractivity contribution in [2.75, 3.05) is 0 Å². The van der Waals surface area contributed by atoms with Crippen molar-refractivity contribution in [3.8, 4) is 0 Å². The van der Waals surface area contributed by atoms with Crippen molar-refractivity contribution in [2.24, 2.45) is 0 Å². The zero-order valence-electron chi connectivity index (χ0n) is 13.5. The third-order valence-electron chi connectivity index (χ3n) is 2.94. The van der Waals surface area contributed by atoms with Crippen LogP contribution in [-0.4, -0.2) is 31.7 Å². The molecule has 0 bridgehead atoms. The molecule has 0 unspecified atom stereocenters. The summed E-state index contributed by atoms with van der Waals surface area (Å²) >= 11 is 0. The summed E-state index contributed by atoms with van der Waals surface area (Å²) in [6.45, 7) is 0. The molecule has 12 heteroatoms. The predicted molar refractivity (Wildman–Crippen MR) is 77.0 cm³/mol. The van der Waals surface area contributed by atoms with Crippen LogP contribution < -0.4 is 29.6 Å². The molecule has 7 nitrogen and oxygen atoms in total. The van der Waals surface area contributed by atoms with Gasteiger partial charge in [0.1, 0.15) is 21.4 Å². The van der Waals surface area contributed by atoms with Gasteiger partial charge in [0.15, 0.2) is 5.78 Å². The average Bonchev–Trinajstić information content (AvgIpc) is 2.45. The molecule has 2 aromatic rings. The fourth-order valence-electron chi connectivity index (χ4n) is 1.85. The molecule has 0 atom stereocenters. The van der Waals surface area contributed by atoms with Crippen molar-refractivity contribution >= 4 is 26.0 Å². The maximum atomic E-state index is 13.4. The van der Waals surface area contributed by atoms with E-state index < -0.39 is 58.6 Å². The number of ketones is 1. The number of benzene rings is 2. The molecule has 2 N–H and O–H groups in total. The van der Waals surface area contributed by atoms with E-state index in [2.05, 4.69) is 0 Å². The van der Waals surface area contributed by atoms with Gasteiger partial charge in [-0.2, -0.15) is 16.8 Å². The summed E-state index contributed by atoms with van der Waals surface area (Å²) in [6, 6.07) is 4.10. The molecule has 0 amide bonds. The predicted octanol–water partition coefficient (Wildman–Crippen LogP) is -1.19. The molecule has 0 aliphatic rings. The summed E-state index contributed by atoms with van der Waals surface area (Å²) in [5.41, 5.74) is -0.811. The van der Waals surface area contributed by atoms with Gasteiger partial charge in [-0.3, -0.25) is 13.9 Å². The van der Waals surface area contributed by atoms with E-state index in [0.717, 1.165) is 12.1 Å². The Kier molecular flexibility index (Phi) is 6.62. The molecule has 0 spiro atoms. The van der Waals surface area contributed by atoms with Crippen LogP contribution in [0.1, 0.15) is 17.3 Å². The Bertz CT molecular complexity index is 973. The first-order valence-corrected chi connectivity index (χ1v) is 8.88. The first kappa shape index (κ1) is 21.8. The van der Waals surface area contributed by atoms with Crippen molar-refractivity contribution < 1.29 is 70.5 Å². The van der Waals surface area contributed by atoms with Gasteiger partial charge in [-0.1, -0.05) is 0 Å². The van der Waals surface area contributed by atoms with E-state index in [4.69, 9.17) is 9.11 Å². The van der Waals surface area contributed by atoms with Crippen LogP contribution in [0.25, 0.3) is 0 Å². The van der Waals surface area contributed by atoms with Gasteiger partial charge in [0.2, 0.25) is 0 Å². The summed E-state index contributed by atoms with van der Waals surface area (Å²) < 4.78 is 88.7. The zero-order chi connectivity index (χ0) is 18.3. The molecule has 0 fully saturated rings. The minimum Gasteiger partial charge on any atom is -1.00 e. The maximum absolute atomic E-state index is 13.4. The smallest absolute Gasteiger partial charge is 1.00 e. The third-order valence-corrected chi connectivity index (χ3v) is 4.68. The number of carbonyl (C=O) groups is 1. The summed E-state index contributed by atoms with van der Waals surface area (Å²) in [4.78, 5) is 9.93. The maximum Gasteiger partial charge on any atom is 1.00 e. The number of carbonyl (C=O) groups excluding carboxylic acids is 1. The molecule has 0 saturated heterocycles. The van der Waals surface area contributed by atoms with Gasteiger partial charge in [-0.25, -0.2) is 8.78 Å². The third kappa shape index (κ3) is 4.91. The van der Waals surface area contributed by atoms with Crippen LogP contribution in [0.5, 0.6) is 0 Å². The van der Waals surface area contributed by atoms with Crippen molar-refractivity contribution in [1.82, 2.24) is 0 Å². The Morgan fingerprint density at radius 1 is 0.800 bits per heavy atom. The summed E-state index contributed by atoms with van der Waals surface area (Å²) in [6.07, 6.45) is 0. The molecule has 0 aliphatic heterocycles. The normalized spacial score (nSPS) is 11.7. The van der Waals surface area contributed by atoms with Crippen LogP contribution >= 0.6 is 0 Å². The van der Waals surface area contributed by atoms with Gasteiger partial charge >= 0.3 is 29.6 Å². The Labute approximate surface area is 165 Å². The summed E-state index contributed by atoms with van der Waals surface area (Å²) in [5, 5.41) is 0. The van der Waals surface area contributed by atoms with Crippen LogP contribution in [-0.2, 0) is 20.2 Å². The first-order chi connectivity index (χ1) is 10.9. The fourth-order valence-corrected chi connectivity index (χ4v) is 3.03. The standard InChI is InChI=1S/C13H8F2O7S2.Na.H/c14-9-3-1-7(5-11(9)23(17,18)19)13(16)8-2-4-10(15)12(6-8)24(20,21)22;;/h1-6H,(H,17,18,19)(H,20,21,22);;/q;+1;-1. The number of hydrogen-bond acceptors (Lipinski definition) is 5. The molecule has 0 heterocycles. The van der Waals surface area contributed by atoms with Crippen LogP contribution in [0.2, 0.25) is 0 Å². The minimum atomic E-state index is -4.93. The van der Waals surface area contributed by atoms with E-state index in [-0.39, 0.29) is 31.0 Å². The SMILES string of the molecule is O=C(c1ccc(F)c(S(=O)(=O)O)c1)c1ccc(F)c(S(=O)(=O)O)c1.[H-].[Na+]. The quantitative estimate of drug-likeness (QED) is 0.374. The van der Waals surface area contributed by atoms with Gasteiger partial charge < -0.3 is 1.43 Å². The van der Waals surface area contributed by atoms with E-state index in [1.54, 1.807) is 0 Å². The molecule has 2 aromatic carbocycles. The van der Waals surface area contributed by atoms with Crippen LogP contribution in [0.15, 0.2) is 46.2 Å². The molecular formula is C13H9F2NaO7S2. The van der Waals surface area contributed by atoms with Crippen LogP contribution in [0.4, 0.5) is 8.78 Å². The second-order valence-corrected chi connectivity index (χ2v) is 7.35. The van der Waals surface area contributed by atoms with Gasteiger partial charge in [0.05, 0.1) is 0 Å². The molecular weight excluding hydrogens is 393 g/mol. The van der Waals surface area contributed by atoms with Crippen LogP contribution in [0.3, 0.4) is 0 Å². The second-order valence-electron chi connectivity index (χ2n) is 4.57. The molecule has 0 aromatic heterocycles. The van der Waals surface area contributed by atoms with Crippen LogP contribution in [0, 0.1) is 11.6 Å². The van der Waals surface area contributed by atoms with Gasteiger partial charge in [-0.15, -0.1) is 0 Å². The summed E-state index contributed by atoms with van der Waals surface area (Å²) in [5.74, 6) is -3.58. The molecule has 0 saturated carbocycles. The molecule has 0 radical (unpaired) electrons. The molecule has 25 heavy (non-hydrogen) atoms. The molecule has 0 aliphatic carbocycles. The van der Waals surface area contributed by atoms with Crippen molar-refractivity contribution in [1.29, 1.82) is 0 Å². The fraction of sp³-hybridized carbons (Fsp3) is 0. The molecule has 130 valence electrons. The monoisotopic (exact) mass is 402 g/mol. The van der Waals surface area contributed by atoms with Crippen molar-refractivity contribution in [3.63, 3.8) is 0 Å². The second kappa shape index (κ2) is 7.58. The Morgan fingerprint density at radius 2 is 1.12 bits per heavy atom. The number of rotatable bonds is 4. The van der Waals surface area contributed by atoms with E-state index in [1.165, 1.54) is 0 Å². The van der Waals surface area contributed by atoms with Crippen molar-refractivity contribution in [2.45, 2.75) is 9.79 Å². The van der Waals surface area contributed by atoms with Gasteiger partial charge in [0.25, 0.3) is 20.2 Å². The van der Waals surface area contributed by atoms with E-state index in [1.807, 2.05) is 0 Å². The Hall–Kier alpha value is -1.21. The Balaban J connectivity index is 0.00000312. The van der Waals surface area contributed by atoms with E-state index >= 15 is 0 Å². The van der Waals surface area contributed by atoms with E-state index in [9.17, 15) is 30.4 Å². The zero-order valence-corrected chi connectivity index (χ0v) is 16.1. The largest absolute Gasteiger partial charge is 1.00 e. The first-order valence-electron chi connectivity index (χ1n) is 6.00. The number of halogens is 2. The van der Waals surface area contributed by atoms with Gasteiger partial charge in [0, 0.05) is 11.1 Å². The Morgan fingerprint density at radius 3 is 1.40 bits per heavy atom. The van der Waals surface area contributed by atoms with Crippen molar-refractivity contribution in [3.05, 3.63) is 59.2 Å². The summed E-state index contributed by atoms with van der Waals surface area (Å²) in [7, 11) is -9.87. The topological polar surface area (TPSA) is 126 Å². The number of hydrogen-bond donors (Lipinski definition) is 2. The van der Waals surface area contributed by atoms with Gasteiger partial charge in [-0.05, 0) is 36.4 Å². The molecule has 2 rings (SSSR count). The van der Waals surface area contributed by atoms with E-state index in [0.29, 0.717) is 24.3 Å². The minimum absolute atomic E-state index is 0. The average molecular weight is 402 g/mol.